The molecule has 1 rings (SSSR count). The minimum atomic E-state index is -0.363. The van der Waals surface area contributed by atoms with Gasteiger partial charge in [0.2, 0.25) is 0 Å². The second kappa shape index (κ2) is 3.34. The van der Waals surface area contributed by atoms with E-state index < -0.39 is 0 Å². The fourth-order valence-corrected chi connectivity index (χ4v) is 0.868. The summed E-state index contributed by atoms with van der Waals surface area (Å²) in [7, 11) is 1.49. The van der Waals surface area contributed by atoms with E-state index in [-0.39, 0.29) is 18.5 Å². The van der Waals surface area contributed by atoms with Crippen molar-refractivity contribution in [2.24, 2.45) is 0 Å². The van der Waals surface area contributed by atoms with Gasteiger partial charge in [0, 0.05) is 7.05 Å². The van der Waals surface area contributed by atoms with E-state index in [4.69, 9.17) is 4.74 Å². The summed E-state index contributed by atoms with van der Waals surface area (Å²) in [6, 6.07) is -0.363. The molecule has 1 aliphatic heterocycles. The largest absolute Gasteiger partial charge is 0.370 e. The molecule has 1 aliphatic rings. The third-order valence-electron chi connectivity index (χ3n) is 1.44. The molecule has 0 aromatic rings. The van der Waals surface area contributed by atoms with Gasteiger partial charge in [-0.15, -0.1) is 0 Å². The lowest BCUT2D eigenvalue weighted by Crippen LogP contribution is -2.48. The maximum atomic E-state index is 10.9. The number of hydrogen-bond donors (Lipinski definition) is 1. The lowest BCUT2D eigenvalue weighted by atomic mass is 10.4. The molecule has 0 bridgehead atoms. The predicted molar refractivity (Wildman–Crippen MR) is 37.0 cm³/mol. The Labute approximate surface area is 64.3 Å². The molecule has 1 N–H and O–H groups in total. The number of hydrogen-bond acceptors (Lipinski definition) is 3. The standard InChI is InChI=1S/C6H10N2O3/c1-7-6(10)8-2-3-11-4-5(8)9/h2-4H2,1H3,(H,7,10). The Morgan fingerprint density at radius 3 is 3.00 bits per heavy atom. The summed E-state index contributed by atoms with van der Waals surface area (Å²) in [6.45, 7) is 0.783. The van der Waals surface area contributed by atoms with Gasteiger partial charge in [-0.2, -0.15) is 0 Å². The van der Waals surface area contributed by atoms with E-state index in [2.05, 4.69) is 5.32 Å². The topological polar surface area (TPSA) is 58.6 Å². The van der Waals surface area contributed by atoms with Crippen LogP contribution >= 0.6 is 0 Å². The number of nitrogens with zero attached hydrogens (tertiary/aromatic N) is 1. The Balaban J connectivity index is 2.54. The average molecular weight is 158 g/mol. The van der Waals surface area contributed by atoms with Crippen molar-refractivity contribution in [3.05, 3.63) is 0 Å². The molecule has 0 saturated carbocycles. The van der Waals surface area contributed by atoms with Crippen LogP contribution in [-0.2, 0) is 9.53 Å². The number of urea groups is 1. The van der Waals surface area contributed by atoms with Crippen molar-refractivity contribution in [3.8, 4) is 0 Å². The zero-order valence-electron chi connectivity index (χ0n) is 6.29. The smallest absolute Gasteiger partial charge is 0.323 e. The molecule has 62 valence electrons. The highest BCUT2D eigenvalue weighted by molar-refractivity contribution is 5.95. The molecule has 1 fully saturated rings. The number of ether oxygens (including phenoxy) is 1. The molecule has 1 saturated heterocycles. The lowest BCUT2D eigenvalue weighted by molar-refractivity contribution is -0.138. The summed E-state index contributed by atoms with van der Waals surface area (Å²) in [5.41, 5.74) is 0. The van der Waals surface area contributed by atoms with E-state index >= 15 is 0 Å². The van der Waals surface area contributed by atoms with E-state index in [0.29, 0.717) is 13.2 Å². The highest BCUT2D eigenvalue weighted by Gasteiger charge is 2.23. The summed E-state index contributed by atoms with van der Waals surface area (Å²) >= 11 is 0. The van der Waals surface area contributed by atoms with Gasteiger partial charge in [0.05, 0.1) is 13.2 Å². The maximum Gasteiger partial charge on any atom is 0.323 e. The third kappa shape index (κ3) is 1.68. The van der Waals surface area contributed by atoms with Crippen LogP contribution in [-0.4, -0.2) is 43.6 Å². The van der Waals surface area contributed by atoms with Crippen LogP contribution in [0.4, 0.5) is 4.79 Å². The van der Waals surface area contributed by atoms with Crippen molar-refractivity contribution in [1.82, 2.24) is 10.2 Å². The number of nitrogens with one attached hydrogen (secondary N) is 1. The Kier molecular flexibility index (Phi) is 2.43. The summed E-state index contributed by atoms with van der Waals surface area (Å²) in [5, 5.41) is 2.38. The molecule has 0 unspecified atom stereocenters. The summed E-state index contributed by atoms with van der Waals surface area (Å²) in [5.74, 6) is -0.282. The van der Waals surface area contributed by atoms with E-state index in [1.54, 1.807) is 0 Å². The van der Waals surface area contributed by atoms with Gasteiger partial charge in [0.25, 0.3) is 5.91 Å². The number of carbonyl (C=O) groups excluding carboxylic acids is 2. The Bertz CT molecular complexity index is 173. The number of carbonyl (C=O) groups is 2. The maximum absolute atomic E-state index is 10.9. The SMILES string of the molecule is CNC(=O)N1CCOCC1=O. The van der Waals surface area contributed by atoms with E-state index in [0.717, 1.165) is 4.90 Å². The van der Waals surface area contributed by atoms with Crippen LogP contribution < -0.4 is 5.32 Å². The van der Waals surface area contributed by atoms with Gasteiger partial charge in [0.15, 0.2) is 0 Å². The zero-order chi connectivity index (χ0) is 8.27. The van der Waals surface area contributed by atoms with E-state index in [1.807, 2.05) is 0 Å². The second-order valence-corrected chi connectivity index (χ2v) is 2.15. The van der Waals surface area contributed by atoms with Crippen LogP contribution in [0.25, 0.3) is 0 Å². The predicted octanol–water partition coefficient (Wildman–Crippen LogP) is -0.815. The molecule has 0 aromatic carbocycles. The zero-order valence-corrected chi connectivity index (χ0v) is 6.29. The molecular weight excluding hydrogens is 148 g/mol. The molecular formula is C6H10N2O3. The van der Waals surface area contributed by atoms with Gasteiger partial charge >= 0.3 is 6.03 Å². The first-order valence-corrected chi connectivity index (χ1v) is 3.35. The molecule has 0 aromatic heterocycles. The first-order chi connectivity index (χ1) is 5.25. The van der Waals surface area contributed by atoms with Gasteiger partial charge in [-0.3, -0.25) is 9.69 Å². The van der Waals surface area contributed by atoms with Gasteiger partial charge in [-0.1, -0.05) is 0 Å². The first kappa shape index (κ1) is 8.00. The highest BCUT2D eigenvalue weighted by atomic mass is 16.5. The number of amides is 3. The lowest BCUT2D eigenvalue weighted by Gasteiger charge is -2.24. The van der Waals surface area contributed by atoms with Crippen molar-refractivity contribution >= 4 is 11.9 Å². The fraction of sp³-hybridized carbons (Fsp3) is 0.667. The first-order valence-electron chi connectivity index (χ1n) is 3.35. The van der Waals surface area contributed by atoms with Crippen LogP contribution in [0.1, 0.15) is 0 Å². The van der Waals surface area contributed by atoms with Crippen LogP contribution in [0.2, 0.25) is 0 Å². The number of morpholine rings is 1. The van der Waals surface area contributed by atoms with Crippen molar-refractivity contribution < 1.29 is 14.3 Å². The Hall–Kier alpha value is -1.10. The van der Waals surface area contributed by atoms with Gasteiger partial charge in [-0.05, 0) is 0 Å². The molecule has 0 aliphatic carbocycles. The quantitative estimate of drug-likeness (QED) is 0.501. The molecule has 0 radical (unpaired) electrons. The summed E-state index contributed by atoms with van der Waals surface area (Å²) in [4.78, 5) is 23.0. The molecule has 5 nitrogen and oxygen atoms in total. The Morgan fingerprint density at radius 2 is 2.45 bits per heavy atom. The normalized spacial score (nSPS) is 18.3. The van der Waals surface area contributed by atoms with Crippen molar-refractivity contribution in [1.29, 1.82) is 0 Å². The highest BCUT2D eigenvalue weighted by Crippen LogP contribution is 1.97. The second-order valence-electron chi connectivity index (χ2n) is 2.15. The number of rotatable bonds is 0. The molecule has 3 amide bonds. The van der Waals surface area contributed by atoms with Crippen LogP contribution in [0.15, 0.2) is 0 Å². The monoisotopic (exact) mass is 158 g/mol. The third-order valence-corrected chi connectivity index (χ3v) is 1.44. The van der Waals surface area contributed by atoms with Gasteiger partial charge in [-0.25, -0.2) is 4.79 Å². The van der Waals surface area contributed by atoms with Crippen LogP contribution in [0.5, 0.6) is 0 Å². The van der Waals surface area contributed by atoms with Crippen LogP contribution in [0.3, 0.4) is 0 Å². The summed E-state index contributed by atoms with van der Waals surface area (Å²) < 4.78 is 4.84. The van der Waals surface area contributed by atoms with E-state index in [9.17, 15) is 9.59 Å². The fourth-order valence-electron chi connectivity index (χ4n) is 0.868. The number of imide groups is 1. The van der Waals surface area contributed by atoms with Crippen molar-refractivity contribution in [2.45, 2.75) is 0 Å². The molecule has 11 heavy (non-hydrogen) atoms. The van der Waals surface area contributed by atoms with E-state index in [1.165, 1.54) is 7.05 Å². The molecule has 1 heterocycles. The molecule has 0 atom stereocenters. The molecule has 5 heteroatoms. The van der Waals surface area contributed by atoms with Gasteiger partial charge < -0.3 is 10.1 Å². The summed E-state index contributed by atoms with van der Waals surface area (Å²) in [6.07, 6.45) is 0. The van der Waals surface area contributed by atoms with Crippen LogP contribution in [0, 0.1) is 0 Å². The Morgan fingerprint density at radius 1 is 1.73 bits per heavy atom. The molecule has 0 spiro atoms. The van der Waals surface area contributed by atoms with Gasteiger partial charge in [0.1, 0.15) is 6.61 Å². The average Bonchev–Trinajstić information content (AvgIpc) is 2.04. The van der Waals surface area contributed by atoms with Crippen molar-refractivity contribution in [2.75, 3.05) is 26.8 Å². The minimum Gasteiger partial charge on any atom is -0.370 e. The van der Waals surface area contributed by atoms with Crippen molar-refractivity contribution in [3.63, 3.8) is 0 Å². The minimum absolute atomic E-state index is 0.00736.